The molecule has 3 N–H and O–H groups in total. The van der Waals surface area contributed by atoms with E-state index in [-0.39, 0.29) is 12.6 Å². The third-order valence-corrected chi connectivity index (χ3v) is 3.58. The fourth-order valence-electron chi connectivity index (χ4n) is 0.630. The van der Waals surface area contributed by atoms with Gasteiger partial charge in [-0.15, -0.1) is 11.3 Å². The number of hydrogen-bond acceptors (Lipinski definition) is 5. The number of hydrogen-bond donors (Lipinski definition) is 2. The van der Waals surface area contributed by atoms with E-state index < -0.39 is 0 Å². The molecule has 1 heterocycles. The van der Waals surface area contributed by atoms with E-state index in [1.54, 1.807) is 23.1 Å². The molecule has 1 unspecified atom stereocenters. The van der Waals surface area contributed by atoms with Gasteiger partial charge in [-0.05, 0) is 6.92 Å². The standard InChI is InChI=1S/C7H12N2OS2/c1-5-3-11-7(9-5)12-4-6(8)2-10/h3,6,10H,2,4,8H2,1H3. The summed E-state index contributed by atoms with van der Waals surface area (Å²) >= 11 is 3.21. The van der Waals surface area contributed by atoms with E-state index in [9.17, 15) is 0 Å². The summed E-state index contributed by atoms with van der Waals surface area (Å²) in [5.74, 6) is 0.726. The minimum atomic E-state index is -0.140. The molecule has 0 saturated carbocycles. The van der Waals surface area contributed by atoms with Crippen molar-refractivity contribution in [3.05, 3.63) is 11.1 Å². The van der Waals surface area contributed by atoms with E-state index in [0.29, 0.717) is 0 Å². The number of nitrogens with zero attached hydrogens (tertiary/aromatic N) is 1. The molecule has 0 radical (unpaired) electrons. The highest BCUT2D eigenvalue weighted by Crippen LogP contribution is 2.22. The molecule has 0 aliphatic carbocycles. The van der Waals surface area contributed by atoms with Crippen LogP contribution in [0.15, 0.2) is 9.72 Å². The second-order valence-corrected chi connectivity index (χ2v) is 4.63. The topological polar surface area (TPSA) is 59.1 Å². The highest BCUT2D eigenvalue weighted by atomic mass is 32.2. The lowest BCUT2D eigenvalue weighted by Gasteiger charge is -2.04. The van der Waals surface area contributed by atoms with Crippen LogP contribution >= 0.6 is 23.1 Å². The first-order chi connectivity index (χ1) is 5.72. The lowest BCUT2D eigenvalue weighted by Crippen LogP contribution is -2.26. The summed E-state index contributed by atoms with van der Waals surface area (Å²) in [4.78, 5) is 4.26. The number of aryl methyl sites for hydroxylation is 1. The fraction of sp³-hybridized carbons (Fsp3) is 0.571. The van der Waals surface area contributed by atoms with Crippen molar-refractivity contribution in [3.8, 4) is 0 Å². The van der Waals surface area contributed by atoms with Gasteiger partial charge in [0.2, 0.25) is 0 Å². The quantitative estimate of drug-likeness (QED) is 0.714. The van der Waals surface area contributed by atoms with Crippen molar-refractivity contribution in [1.29, 1.82) is 0 Å². The maximum atomic E-state index is 8.66. The van der Waals surface area contributed by atoms with Crippen molar-refractivity contribution in [3.63, 3.8) is 0 Å². The lowest BCUT2D eigenvalue weighted by molar-refractivity contribution is 0.275. The molecule has 0 aliphatic heterocycles. The van der Waals surface area contributed by atoms with Crippen molar-refractivity contribution < 1.29 is 5.11 Å². The highest BCUT2D eigenvalue weighted by Gasteiger charge is 2.03. The first-order valence-electron chi connectivity index (χ1n) is 3.63. The Hall–Kier alpha value is -0.100. The molecule has 1 rings (SSSR count). The first-order valence-corrected chi connectivity index (χ1v) is 5.50. The molecule has 0 spiro atoms. The first kappa shape index (κ1) is 9.98. The molecule has 1 aromatic heterocycles. The van der Waals surface area contributed by atoms with Crippen LogP contribution < -0.4 is 5.73 Å². The van der Waals surface area contributed by atoms with Gasteiger partial charge in [-0.3, -0.25) is 0 Å². The van der Waals surface area contributed by atoms with Gasteiger partial charge in [-0.25, -0.2) is 4.98 Å². The second kappa shape index (κ2) is 4.81. The predicted molar refractivity (Wildman–Crippen MR) is 52.6 cm³/mol. The highest BCUT2D eigenvalue weighted by molar-refractivity contribution is 8.01. The van der Waals surface area contributed by atoms with Crippen molar-refractivity contribution in [2.45, 2.75) is 17.3 Å². The number of aliphatic hydroxyl groups is 1. The van der Waals surface area contributed by atoms with Gasteiger partial charge in [0.1, 0.15) is 4.34 Å². The Kier molecular flexibility index (Phi) is 4.00. The zero-order valence-electron chi connectivity index (χ0n) is 6.86. The predicted octanol–water partition coefficient (Wildman–Crippen LogP) is 0.863. The van der Waals surface area contributed by atoms with Crippen LogP contribution in [0.5, 0.6) is 0 Å². The summed E-state index contributed by atoms with van der Waals surface area (Å²) in [6.07, 6.45) is 0. The molecule has 0 aliphatic rings. The third-order valence-electron chi connectivity index (χ3n) is 1.25. The normalized spacial score (nSPS) is 13.2. The van der Waals surface area contributed by atoms with Crippen LogP contribution in [-0.4, -0.2) is 28.5 Å². The Morgan fingerprint density at radius 3 is 3.08 bits per heavy atom. The van der Waals surface area contributed by atoms with Gasteiger partial charge in [-0.1, -0.05) is 11.8 Å². The van der Waals surface area contributed by atoms with Gasteiger partial charge < -0.3 is 10.8 Å². The average Bonchev–Trinajstić information content (AvgIpc) is 2.47. The molecular weight excluding hydrogens is 192 g/mol. The van der Waals surface area contributed by atoms with Gasteiger partial charge >= 0.3 is 0 Å². The number of aliphatic hydroxyl groups excluding tert-OH is 1. The molecule has 68 valence electrons. The minimum Gasteiger partial charge on any atom is -0.395 e. The van der Waals surface area contributed by atoms with E-state index in [2.05, 4.69) is 4.98 Å². The lowest BCUT2D eigenvalue weighted by atomic mass is 10.4. The van der Waals surface area contributed by atoms with Crippen LogP contribution in [-0.2, 0) is 0 Å². The van der Waals surface area contributed by atoms with E-state index in [1.165, 1.54) is 0 Å². The Balaban J connectivity index is 2.33. The van der Waals surface area contributed by atoms with Gasteiger partial charge in [0.25, 0.3) is 0 Å². The monoisotopic (exact) mass is 204 g/mol. The molecular formula is C7H12N2OS2. The van der Waals surface area contributed by atoms with Crippen molar-refractivity contribution in [1.82, 2.24) is 4.98 Å². The summed E-state index contributed by atoms with van der Waals surface area (Å²) in [7, 11) is 0. The van der Waals surface area contributed by atoms with Crippen LogP contribution in [0.4, 0.5) is 0 Å². The molecule has 12 heavy (non-hydrogen) atoms. The van der Waals surface area contributed by atoms with Gasteiger partial charge in [-0.2, -0.15) is 0 Å². The maximum absolute atomic E-state index is 8.66. The molecule has 3 nitrogen and oxygen atoms in total. The van der Waals surface area contributed by atoms with Crippen LogP contribution in [0.3, 0.4) is 0 Å². The van der Waals surface area contributed by atoms with E-state index in [1.807, 2.05) is 12.3 Å². The number of nitrogens with two attached hydrogens (primary N) is 1. The Bertz CT molecular complexity index is 239. The Morgan fingerprint density at radius 2 is 2.58 bits per heavy atom. The molecule has 0 fully saturated rings. The largest absolute Gasteiger partial charge is 0.395 e. The Morgan fingerprint density at radius 1 is 1.83 bits per heavy atom. The Labute approximate surface area is 80.0 Å². The fourth-order valence-corrected chi connectivity index (χ4v) is 2.44. The molecule has 0 bridgehead atoms. The van der Waals surface area contributed by atoms with E-state index in [4.69, 9.17) is 10.8 Å². The van der Waals surface area contributed by atoms with Crippen molar-refractivity contribution in [2.75, 3.05) is 12.4 Å². The SMILES string of the molecule is Cc1csc(SCC(N)CO)n1. The molecule has 0 aromatic carbocycles. The minimum absolute atomic E-state index is 0.0390. The second-order valence-electron chi connectivity index (χ2n) is 2.51. The summed E-state index contributed by atoms with van der Waals surface area (Å²) in [5, 5.41) is 10.7. The van der Waals surface area contributed by atoms with Crippen LogP contribution in [0, 0.1) is 6.92 Å². The van der Waals surface area contributed by atoms with Gasteiger partial charge in [0.15, 0.2) is 0 Å². The number of aromatic nitrogens is 1. The van der Waals surface area contributed by atoms with Crippen LogP contribution in [0.2, 0.25) is 0 Å². The molecule has 1 atom stereocenters. The summed E-state index contributed by atoms with van der Waals surface area (Å²) < 4.78 is 1.02. The van der Waals surface area contributed by atoms with E-state index in [0.717, 1.165) is 15.8 Å². The van der Waals surface area contributed by atoms with Gasteiger partial charge in [0, 0.05) is 22.9 Å². The van der Waals surface area contributed by atoms with E-state index >= 15 is 0 Å². The van der Waals surface area contributed by atoms with Crippen molar-refractivity contribution >= 4 is 23.1 Å². The van der Waals surface area contributed by atoms with Crippen molar-refractivity contribution in [2.24, 2.45) is 5.73 Å². The van der Waals surface area contributed by atoms with Gasteiger partial charge in [0.05, 0.1) is 6.61 Å². The number of thioether (sulfide) groups is 1. The van der Waals surface area contributed by atoms with Crippen LogP contribution in [0.1, 0.15) is 5.69 Å². The summed E-state index contributed by atoms with van der Waals surface area (Å²) in [6.45, 7) is 2.00. The molecule has 1 aromatic rings. The maximum Gasteiger partial charge on any atom is 0.150 e. The molecule has 5 heteroatoms. The number of rotatable bonds is 4. The molecule has 0 saturated heterocycles. The number of thiazole rings is 1. The summed E-state index contributed by atoms with van der Waals surface area (Å²) in [5.41, 5.74) is 6.58. The smallest absolute Gasteiger partial charge is 0.150 e. The zero-order chi connectivity index (χ0) is 8.97. The third kappa shape index (κ3) is 3.10. The summed E-state index contributed by atoms with van der Waals surface area (Å²) in [6, 6.07) is -0.140. The average molecular weight is 204 g/mol. The van der Waals surface area contributed by atoms with Crippen LogP contribution in [0.25, 0.3) is 0 Å². The molecule has 0 amide bonds. The zero-order valence-corrected chi connectivity index (χ0v) is 8.49.